The largest absolute Gasteiger partial charge is 0.494 e. The zero-order valence-electron chi connectivity index (χ0n) is 18.3. The SMILES string of the molecule is CCOc1ccccc1C(CC)NC(=O)NC1CCN(C(C)c2ccncc2)CC1. The zero-order valence-corrected chi connectivity index (χ0v) is 18.3. The smallest absolute Gasteiger partial charge is 0.315 e. The topological polar surface area (TPSA) is 66.5 Å². The Morgan fingerprint density at radius 3 is 2.53 bits per heavy atom. The van der Waals surface area contributed by atoms with Crippen molar-refractivity contribution in [1.82, 2.24) is 20.5 Å². The van der Waals surface area contributed by atoms with Crippen LogP contribution in [0.5, 0.6) is 5.75 Å². The first kappa shape index (κ1) is 22.1. The number of para-hydroxylation sites is 1. The molecule has 162 valence electrons. The molecule has 1 saturated heterocycles. The van der Waals surface area contributed by atoms with Gasteiger partial charge in [-0.15, -0.1) is 0 Å². The highest BCUT2D eigenvalue weighted by atomic mass is 16.5. The predicted molar refractivity (Wildman–Crippen MR) is 120 cm³/mol. The first-order chi connectivity index (χ1) is 14.6. The number of hydrogen-bond donors (Lipinski definition) is 2. The lowest BCUT2D eigenvalue weighted by atomic mass is 10.0. The number of urea groups is 1. The quantitative estimate of drug-likeness (QED) is 0.674. The van der Waals surface area contributed by atoms with Crippen LogP contribution in [0.25, 0.3) is 0 Å². The van der Waals surface area contributed by atoms with Crippen molar-refractivity contribution in [3.05, 3.63) is 59.9 Å². The zero-order chi connectivity index (χ0) is 21.3. The fourth-order valence-electron chi connectivity index (χ4n) is 4.12. The molecule has 1 aromatic heterocycles. The Balaban J connectivity index is 1.51. The lowest BCUT2D eigenvalue weighted by Crippen LogP contribution is -2.48. The Labute approximate surface area is 180 Å². The van der Waals surface area contributed by atoms with Crippen LogP contribution in [-0.2, 0) is 0 Å². The number of nitrogens with zero attached hydrogens (tertiary/aromatic N) is 2. The van der Waals surface area contributed by atoms with E-state index in [4.69, 9.17) is 4.74 Å². The summed E-state index contributed by atoms with van der Waals surface area (Å²) in [6.45, 7) is 8.83. The molecule has 6 heteroatoms. The number of pyridine rings is 1. The van der Waals surface area contributed by atoms with Gasteiger partial charge in [0.1, 0.15) is 5.75 Å². The molecule has 2 heterocycles. The second-order valence-electron chi connectivity index (χ2n) is 7.82. The molecule has 0 aliphatic carbocycles. The van der Waals surface area contributed by atoms with Crippen molar-refractivity contribution in [2.45, 2.75) is 58.2 Å². The van der Waals surface area contributed by atoms with Gasteiger partial charge in [-0.1, -0.05) is 25.1 Å². The molecule has 6 nitrogen and oxygen atoms in total. The van der Waals surface area contributed by atoms with Crippen molar-refractivity contribution < 1.29 is 9.53 Å². The van der Waals surface area contributed by atoms with Crippen LogP contribution in [0.2, 0.25) is 0 Å². The molecule has 3 rings (SSSR count). The second kappa shape index (κ2) is 11.0. The summed E-state index contributed by atoms with van der Waals surface area (Å²) in [6.07, 6.45) is 6.40. The average molecular weight is 411 g/mol. The number of carbonyl (C=O) groups excluding carboxylic acids is 1. The van der Waals surface area contributed by atoms with E-state index in [1.807, 2.05) is 43.6 Å². The number of likely N-dealkylation sites (tertiary alicyclic amines) is 1. The fraction of sp³-hybridized carbons (Fsp3) is 0.500. The predicted octanol–water partition coefficient (Wildman–Crippen LogP) is 4.46. The molecule has 2 atom stereocenters. The second-order valence-corrected chi connectivity index (χ2v) is 7.82. The van der Waals surface area contributed by atoms with E-state index in [0.717, 1.165) is 43.7 Å². The van der Waals surface area contributed by atoms with Gasteiger partial charge in [0, 0.05) is 43.1 Å². The Hall–Kier alpha value is -2.60. The summed E-state index contributed by atoms with van der Waals surface area (Å²) >= 11 is 0. The first-order valence-corrected chi connectivity index (χ1v) is 11.0. The summed E-state index contributed by atoms with van der Waals surface area (Å²) < 4.78 is 5.74. The van der Waals surface area contributed by atoms with Crippen LogP contribution >= 0.6 is 0 Å². The molecule has 30 heavy (non-hydrogen) atoms. The van der Waals surface area contributed by atoms with Gasteiger partial charge in [-0.05, 0) is 56.9 Å². The number of carbonyl (C=O) groups is 1. The van der Waals surface area contributed by atoms with Gasteiger partial charge < -0.3 is 15.4 Å². The highest BCUT2D eigenvalue weighted by Crippen LogP contribution is 2.27. The third kappa shape index (κ3) is 5.72. The fourth-order valence-corrected chi connectivity index (χ4v) is 4.12. The highest BCUT2D eigenvalue weighted by molar-refractivity contribution is 5.75. The molecule has 1 fully saturated rings. The molecule has 0 saturated carbocycles. The third-order valence-corrected chi connectivity index (χ3v) is 5.91. The van der Waals surface area contributed by atoms with Crippen LogP contribution < -0.4 is 15.4 Å². The van der Waals surface area contributed by atoms with E-state index < -0.39 is 0 Å². The Morgan fingerprint density at radius 2 is 1.87 bits per heavy atom. The molecule has 2 unspecified atom stereocenters. The number of rotatable bonds is 8. The van der Waals surface area contributed by atoms with E-state index in [9.17, 15) is 4.79 Å². The minimum Gasteiger partial charge on any atom is -0.494 e. The molecule has 1 aliphatic rings. The molecular weight excluding hydrogens is 376 g/mol. The van der Waals surface area contributed by atoms with Crippen LogP contribution in [0.4, 0.5) is 4.79 Å². The maximum absolute atomic E-state index is 12.7. The summed E-state index contributed by atoms with van der Waals surface area (Å²) in [5, 5.41) is 6.31. The Morgan fingerprint density at radius 1 is 1.17 bits per heavy atom. The van der Waals surface area contributed by atoms with Crippen molar-refractivity contribution in [3.8, 4) is 5.75 Å². The summed E-state index contributed by atoms with van der Waals surface area (Å²) in [4.78, 5) is 19.3. The van der Waals surface area contributed by atoms with Gasteiger partial charge in [-0.2, -0.15) is 0 Å². The molecule has 1 aliphatic heterocycles. The lowest BCUT2D eigenvalue weighted by Gasteiger charge is -2.36. The standard InChI is InChI=1S/C24H34N4O2/c1-4-22(21-8-6-7-9-23(21)30-5-2)27-24(29)26-20-12-16-28(17-13-20)18(3)19-10-14-25-15-11-19/h6-11,14-15,18,20,22H,4-5,12-13,16-17H2,1-3H3,(H2,26,27,29). The first-order valence-electron chi connectivity index (χ1n) is 11.0. The van der Waals surface area contributed by atoms with E-state index in [1.54, 1.807) is 0 Å². The summed E-state index contributed by atoms with van der Waals surface area (Å²) in [7, 11) is 0. The monoisotopic (exact) mass is 410 g/mol. The molecule has 1 aromatic carbocycles. The minimum absolute atomic E-state index is 0.0699. The average Bonchev–Trinajstić information content (AvgIpc) is 2.79. The van der Waals surface area contributed by atoms with Crippen molar-refractivity contribution in [3.63, 3.8) is 0 Å². The van der Waals surface area contributed by atoms with E-state index in [1.165, 1.54) is 5.56 Å². The minimum atomic E-state index is -0.103. The van der Waals surface area contributed by atoms with Crippen molar-refractivity contribution in [2.75, 3.05) is 19.7 Å². The molecular formula is C24H34N4O2. The van der Waals surface area contributed by atoms with Crippen LogP contribution in [-0.4, -0.2) is 41.7 Å². The van der Waals surface area contributed by atoms with E-state index in [0.29, 0.717) is 12.6 Å². The van der Waals surface area contributed by atoms with E-state index in [-0.39, 0.29) is 18.1 Å². The van der Waals surface area contributed by atoms with Gasteiger partial charge in [-0.3, -0.25) is 9.88 Å². The van der Waals surface area contributed by atoms with E-state index in [2.05, 4.69) is 46.5 Å². The maximum atomic E-state index is 12.7. The van der Waals surface area contributed by atoms with Gasteiger partial charge in [-0.25, -0.2) is 4.79 Å². The number of nitrogens with one attached hydrogen (secondary N) is 2. The van der Waals surface area contributed by atoms with Gasteiger partial charge in [0.05, 0.1) is 12.6 Å². The molecule has 0 radical (unpaired) electrons. The summed E-state index contributed by atoms with van der Waals surface area (Å²) in [6, 6.07) is 12.5. The summed E-state index contributed by atoms with van der Waals surface area (Å²) in [5.41, 5.74) is 2.31. The van der Waals surface area contributed by atoms with Gasteiger partial charge >= 0.3 is 6.03 Å². The number of benzene rings is 1. The molecule has 0 spiro atoms. The number of hydrogen-bond acceptors (Lipinski definition) is 4. The van der Waals surface area contributed by atoms with Crippen LogP contribution in [0.1, 0.15) is 63.2 Å². The van der Waals surface area contributed by atoms with Crippen molar-refractivity contribution >= 4 is 6.03 Å². The number of ether oxygens (including phenoxy) is 1. The van der Waals surface area contributed by atoms with Crippen LogP contribution in [0.3, 0.4) is 0 Å². The molecule has 0 bridgehead atoms. The van der Waals surface area contributed by atoms with Gasteiger partial charge in [0.15, 0.2) is 0 Å². The summed E-state index contributed by atoms with van der Waals surface area (Å²) in [5.74, 6) is 0.838. The van der Waals surface area contributed by atoms with Gasteiger partial charge in [0.25, 0.3) is 0 Å². The highest BCUT2D eigenvalue weighted by Gasteiger charge is 2.25. The maximum Gasteiger partial charge on any atom is 0.315 e. The number of aromatic nitrogens is 1. The van der Waals surface area contributed by atoms with Gasteiger partial charge in [0.2, 0.25) is 0 Å². The van der Waals surface area contributed by atoms with Crippen molar-refractivity contribution in [1.29, 1.82) is 0 Å². The van der Waals surface area contributed by atoms with Crippen LogP contribution in [0, 0.1) is 0 Å². The number of piperidine rings is 1. The van der Waals surface area contributed by atoms with Crippen LogP contribution in [0.15, 0.2) is 48.8 Å². The number of amides is 2. The Kier molecular flexibility index (Phi) is 8.08. The normalized spacial score (nSPS) is 17.2. The van der Waals surface area contributed by atoms with Crippen molar-refractivity contribution in [2.24, 2.45) is 0 Å². The lowest BCUT2D eigenvalue weighted by molar-refractivity contribution is 0.152. The molecule has 2 aromatic rings. The third-order valence-electron chi connectivity index (χ3n) is 5.91. The Bertz CT molecular complexity index is 791. The molecule has 2 amide bonds. The molecule has 2 N–H and O–H groups in total. The van der Waals surface area contributed by atoms with E-state index >= 15 is 0 Å².